The van der Waals surface area contributed by atoms with Gasteiger partial charge in [0.25, 0.3) is 0 Å². The van der Waals surface area contributed by atoms with Crippen molar-refractivity contribution < 1.29 is 4.74 Å². The third-order valence-electron chi connectivity index (χ3n) is 3.20. The highest BCUT2D eigenvalue weighted by Gasteiger charge is 2.12. The van der Waals surface area contributed by atoms with Crippen molar-refractivity contribution in [2.45, 2.75) is 32.7 Å². The van der Waals surface area contributed by atoms with Crippen LogP contribution in [0.5, 0.6) is 5.75 Å². The van der Waals surface area contributed by atoms with Gasteiger partial charge in [-0.05, 0) is 37.6 Å². The van der Waals surface area contributed by atoms with Crippen molar-refractivity contribution in [2.24, 2.45) is 0 Å². The van der Waals surface area contributed by atoms with E-state index in [1.165, 1.54) is 10.6 Å². The van der Waals surface area contributed by atoms with Gasteiger partial charge in [0.15, 0.2) is 0 Å². The Labute approximate surface area is 125 Å². The number of nitrogens with one attached hydrogen (secondary N) is 1. The third kappa shape index (κ3) is 4.32. The first-order valence-corrected chi connectivity index (χ1v) is 7.86. The summed E-state index contributed by atoms with van der Waals surface area (Å²) in [6.45, 7) is 5.16. The smallest absolute Gasteiger partial charge is 0.119 e. The van der Waals surface area contributed by atoms with Gasteiger partial charge in [-0.1, -0.05) is 19.1 Å². The van der Waals surface area contributed by atoms with Crippen LogP contribution in [0.15, 0.2) is 29.6 Å². The maximum Gasteiger partial charge on any atom is 0.119 e. The number of thiazole rings is 1. The number of aromatic nitrogens is 1. The van der Waals surface area contributed by atoms with E-state index in [9.17, 15) is 0 Å². The number of hydrogen-bond donors (Lipinski definition) is 1. The molecule has 2 rings (SSSR count). The monoisotopic (exact) mass is 290 g/mol. The summed E-state index contributed by atoms with van der Waals surface area (Å²) in [7, 11) is 1.71. The molecule has 0 saturated carbocycles. The fourth-order valence-corrected chi connectivity index (χ4v) is 3.15. The lowest BCUT2D eigenvalue weighted by Crippen LogP contribution is -2.33. The number of methoxy groups -OCH3 is 1. The lowest BCUT2D eigenvalue weighted by Gasteiger charge is -2.17. The second-order valence-electron chi connectivity index (χ2n) is 4.90. The minimum absolute atomic E-state index is 0.414. The first-order valence-electron chi connectivity index (χ1n) is 6.98. The highest BCUT2D eigenvalue weighted by Crippen LogP contribution is 2.17. The Morgan fingerprint density at radius 1 is 1.35 bits per heavy atom. The highest BCUT2D eigenvalue weighted by molar-refractivity contribution is 7.09. The van der Waals surface area contributed by atoms with Crippen LogP contribution in [0.2, 0.25) is 0 Å². The molecule has 108 valence electrons. The van der Waals surface area contributed by atoms with Crippen LogP contribution in [0.1, 0.15) is 23.2 Å². The van der Waals surface area contributed by atoms with Crippen LogP contribution in [0, 0.1) is 6.92 Å². The molecule has 0 aliphatic carbocycles. The van der Waals surface area contributed by atoms with Gasteiger partial charge >= 0.3 is 0 Å². The Kier molecular flexibility index (Phi) is 5.56. The predicted molar refractivity (Wildman–Crippen MR) is 84.7 cm³/mol. The third-order valence-corrected chi connectivity index (χ3v) is 4.19. The molecule has 0 saturated heterocycles. The Morgan fingerprint density at radius 3 is 2.85 bits per heavy atom. The Hall–Kier alpha value is -1.39. The van der Waals surface area contributed by atoms with Crippen LogP contribution in [-0.2, 0) is 12.8 Å². The number of likely N-dealkylation sites (N-methyl/N-ethyl adjacent to an activating group) is 1. The summed E-state index contributed by atoms with van der Waals surface area (Å²) in [6.07, 6.45) is 1.97. The number of aryl methyl sites for hydroxylation is 1. The molecule has 0 bridgehead atoms. The van der Waals surface area contributed by atoms with Crippen molar-refractivity contribution in [1.29, 1.82) is 0 Å². The summed E-state index contributed by atoms with van der Waals surface area (Å²) in [4.78, 5) is 4.56. The van der Waals surface area contributed by atoms with E-state index in [-0.39, 0.29) is 0 Å². The summed E-state index contributed by atoms with van der Waals surface area (Å²) >= 11 is 1.75. The average molecular weight is 290 g/mol. The molecule has 1 N–H and O–H groups in total. The van der Waals surface area contributed by atoms with Gasteiger partial charge in [-0.3, -0.25) is 0 Å². The minimum Gasteiger partial charge on any atom is -0.497 e. The number of ether oxygens (including phenoxy) is 1. The van der Waals surface area contributed by atoms with Crippen LogP contribution in [-0.4, -0.2) is 24.7 Å². The molecular formula is C16H22N2OS. The van der Waals surface area contributed by atoms with Gasteiger partial charge in [0, 0.05) is 23.5 Å². The zero-order chi connectivity index (χ0) is 14.4. The number of hydrogen-bond acceptors (Lipinski definition) is 4. The maximum atomic E-state index is 5.29. The van der Waals surface area contributed by atoms with E-state index in [4.69, 9.17) is 4.74 Å². The predicted octanol–water partition coefficient (Wildman–Crippen LogP) is 3.22. The molecular weight excluding hydrogens is 268 g/mol. The molecule has 2 aromatic rings. The van der Waals surface area contributed by atoms with E-state index < -0.39 is 0 Å². The second kappa shape index (κ2) is 7.41. The average Bonchev–Trinajstić information content (AvgIpc) is 2.84. The van der Waals surface area contributed by atoms with Crippen molar-refractivity contribution in [1.82, 2.24) is 10.3 Å². The summed E-state index contributed by atoms with van der Waals surface area (Å²) in [5, 5.41) is 6.87. The van der Waals surface area contributed by atoms with Crippen molar-refractivity contribution in [3.05, 3.63) is 45.9 Å². The van der Waals surface area contributed by atoms with E-state index >= 15 is 0 Å². The number of nitrogens with zero attached hydrogens (tertiary/aromatic N) is 1. The lowest BCUT2D eigenvalue weighted by molar-refractivity contribution is 0.413. The Balaban J connectivity index is 2.04. The maximum absolute atomic E-state index is 5.29. The SMILES string of the molecule is CCNC(Cc1cccc(OC)c1)Cc1nc(C)cs1. The summed E-state index contributed by atoms with van der Waals surface area (Å²) in [5.41, 5.74) is 2.41. The van der Waals surface area contributed by atoms with E-state index in [0.29, 0.717) is 6.04 Å². The molecule has 0 amide bonds. The van der Waals surface area contributed by atoms with Crippen LogP contribution < -0.4 is 10.1 Å². The quantitative estimate of drug-likeness (QED) is 0.850. The van der Waals surface area contributed by atoms with E-state index in [2.05, 4.69) is 34.7 Å². The molecule has 0 spiro atoms. The molecule has 1 aromatic heterocycles. The largest absolute Gasteiger partial charge is 0.497 e. The van der Waals surface area contributed by atoms with Crippen molar-refractivity contribution in [3.8, 4) is 5.75 Å². The zero-order valence-corrected chi connectivity index (χ0v) is 13.2. The van der Waals surface area contributed by atoms with Gasteiger partial charge in [-0.25, -0.2) is 4.98 Å². The van der Waals surface area contributed by atoms with Gasteiger partial charge in [-0.2, -0.15) is 0 Å². The Bertz CT molecular complexity index is 539. The fraction of sp³-hybridized carbons (Fsp3) is 0.438. The molecule has 1 unspecified atom stereocenters. The number of rotatable bonds is 7. The topological polar surface area (TPSA) is 34.1 Å². The molecule has 4 heteroatoms. The molecule has 20 heavy (non-hydrogen) atoms. The summed E-state index contributed by atoms with van der Waals surface area (Å²) in [6, 6.07) is 8.70. The normalized spacial score (nSPS) is 12.3. The Morgan fingerprint density at radius 2 is 2.20 bits per heavy atom. The lowest BCUT2D eigenvalue weighted by atomic mass is 10.0. The van der Waals surface area contributed by atoms with E-state index in [0.717, 1.165) is 30.8 Å². The second-order valence-corrected chi connectivity index (χ2v) is 5.84. The van der Waals surface area contributed by atoms with Crippen LogP contribution in [0.3, 0.4) is 0 Å². The van der Waals surface area contributed by atoms with Crippen molar-refractivity contribution >= 4 is 11.3 Å². The van der Waals surface area contributed by atoms with Gasteiger partial charge in [0.2, 0.25) is 0 Å². The van der Waals surface area contributed by atoms with Crippen molar-refractivity contribution in [3.63, 3.8) is 0 Å². The fourth-order valence-electron chi connectivity index (χ4n) is 2.30. The minimum atomic E-state index is 0.414. The molecule has 1 atom stereocenters. The van der Waals surface area contributed by atoms with Gasteiger partial charge in [-0.15, -0.1) is 11.3 Å². The van der Waals surface area contributed by atoms with Gasteiger partial charge in [0.05, 0.1) is 12.1 Å². The molecule has 3 nitrogen and oxygen atoms in total. The van der Waals surface area contributed by atoms with Crippen LogP contribution >= 0.6 is 11.3 Å². The standard InChI is InChI=1S/C16H22N2OS/c1-4-17-14(10-16-18-12(2)11-20-16)8-13-6-5-7-15(9-13)19-3/h5-7,9,11,14,17H,4,8,10H2,1-3H3. The van der Waals surface area contributed by atoms with Gasteiger partial charge < -0.3 is 10.1 Å². The molecule has 1 heterocycles. The van der Waals surface area contributed by atoms with E-state index in [1.54, 1.807) is 18.4 Å². The molecule has 0 radical (unpaired) electrons. The summed E-state index contributed by atoms with van der Waals surface area (Å²) < 4.78 is 5.29. The van der Waals surface area contributed by atoms with Crippen LogP contribution in [0.4, 0.5) is 0 Å². The van der Waals surface area contributed by atoms with Gasteiger partial charge in [0.1, 0.15) is 5.75 Å². The first kappa shape index (κ1) is 15.0. The first-order chi connectivity index (χ1) is 9.71. The van der Waals surface area contributed by atoms with E-state index in [1.807, 2.05) is 19.1 Å². The molecule has 0 aliphatic rings. The molecule has 1 aromatic carbocycles. The van der Waals surface area contributed by atoms with Crippen molar-refractivity contribution in [2.75, 3.05) is 13.7 Å². The summed E-state index contributed by atoms with van der Waals surface area (Å²) in [5.74, 6) is 0.919. The molecule has 0 fully saturated rings. The van der Waals surface area contributed by atoms with Crippen LogP contribution in [0.25, 0.3) is 0 Å². The number of benzene rings is 1. The highest BCUT2D eigenvalue weighted by atomic mass is 32.1. The zero-order valence-electron chi connectivity index (χ0n) is 12.3. The molecule has 0 aliphatic heterocycles.